The summed E-state index contributed by atoms with van der Waals surface area (Å²) in [5.74, 6) is 0.323. The summed E-state index contributed by atoms with van der Waals surface area (Å²) in [6, 6.07) is 9.91. The fourth-order valence-corrected chi connectivity index (χ4v) is 3.75. The Balaban J connectivity index is 1.92. The molecule has 1 amide bonds. The van der Waals surface area contributed by atoms with Gasteiger partial charge in [-0.1, -0.05) is 37.3 Å². The third kappa shape index (κ3) is 4.81. The molecule has 1 aromatic rings. The minimum atomic E-state index is -3.22. The average molecular weight is 324 g/mol. The van der Waals surface area contributed by atoms with Crippen LogP contribution in [0.2, 0.25) is 0 Å². The van der Waals surface area contributed by atoms with Crippen LogP contribution in [0.25, 0.3) is 0 Å². The Labute approximate surface area is 132 Å². The molecule has 122 valence electrons. The van der Waals surface area contributed by atoms with Gasteiger partial charge >= 0.3 is 0 Å². The van der Waals surface area contributed by atoms with Crippen molar-refractivity contribution in [2.24, 2.45) is 0 Å². The van der Waals surface area contributed by atoms with Gasteiger partial charge in [0.25, 0.3) is 0 Å². The van der Waals surface area contributed by atoms with Gasteiger partial charge in [0.15, 0.2) is 0 Å². The molecule has 1 N–H and O–H groups in total. The molecule has 5 nitrogen and oxygen atoms in total. The van der Waals surface area contributed by atoms with Crippen LogP contribution >= 0.6 is 0 Å². The number of carbonyl (C=O) groups is 1. The van der Waals surface area contributed by atoms with Crippen LogP contribution in [-0.4, -0.2) is 44.6 Å². The summed E-state index contributed by atoms with van der Waals surface area (Å²) in [5.41, 5.74) is 1.18. The summed E-state index contributed by atoms with van der Waals surface area (Å²) >= 11 is 0. The molecule has 1 aliphatic heterocycles. The van der Waals surface area contributed by atoms with Crippen LogP contribution in [0.5, 0.6) is 0 Å². The molecule has 0 radical (unpaired) electrons. The molecule has 1 heterocycles. The number of rotatable bonds is 6. The second-order valence-corrected chi connectivity index (χ2v) is 7.72. The maximum Gasteiger partial charge on any atom is 0.223 e. The summed E-state index contributed by atoms with van der Waals surface area (Å²) in [7, 11) is -3.22. The van der Waals surface area contributed by atoms with E-state index in [1.165, 1.54) is 5.56 Å². The number of nitrogens with zero attached hydrogens (tertiary/aromatic N) is 1. The first kappa shape index (κ1) is 17.0. The topological polar surface area (TPSA) is 66.5 Å². The Hall–Kier alpha value is -1.40. The van der Waals surface area contributed by atoms with E-state index in [2.05, 4.69) is 23.8 Å². The highest BCUT2D eigenvalue weighted by atomic mass is 32.2. The van der Waals surface area contributed by atoms with Gasteiger partial charge in [0.05, 0.1) is 6.26 Å². The molecule has 1 aromatic carbocycles. The highest BCUT2D eigenvalue weighted by Gasteiger charge is 2.29. The third-order valence-electron chi connectivity index (χ3n) is 4.11. The van der Waals surface area contributed by atoms with E-state index in [9.17, 15) is 13.2 Å². The normalized spacial score (nSPS) is 20.1. The highest BCUT2D eigenvalue weighted by molar-refractivity contribution is 7.88. The number of sulfonamides is 1. The lowest BCUT2D eigenvalue weighted by Crippen LogP contribution is -2.38. The first-order valence-corrected chi connectivity index (χ1v) is 9.58. The van der Waals surface area contributed by atoms with E-state index in [0.717, 1.165) is 12.7 Å². The highest BCUT2D eigenvalue weighted by Crippen LogP contribution is 2.25. The summed E-state index contributed by atoms with van der Waals surface area (Å²) < 4.78 is 25.1. The fourth-order valence-electron chi connectivity index (χ4n) is 2.95. The monoisotopic (exact) mass is 324 g/mol. The quantitative estimate of drug-likeness (QED) is 0.866. The molecule has 0 saturated carbocycles. The second kappa shape index (κ2) is 7.24. The van der Waals surface area contributed by atoms with Crippen LogP contribution in [0, 0.1) is 0 Å². The van der Waals surface area contributed by atoms with Crippen molar-refractivity contribution in [1.82, 2.24) is 9.62 Å². The van der Waals surface area contributed by atoms with Gasteiger partial charge in [-0.3, -0.25) is 4.79 Å². The lowest BCUT2D eigenvalue weighted by molar-refractivity contribution is -0.130. The number of amides is 1. The van der Waals surface area contributed by atoms with Crippen LogP contribution in [-0.2, 0) is 14.8 Å². The maximum absolute atomic E-state index is 12.4. The molecule has 1 saturated heterocycles. The van der Waals surface area contributed by atoms with Crippen molar-refractivity contribution in [3.05, 3.63) is 35.9 Å². The van der Waals surface area contributed by atoms with Crippen molar-refractivity contribution in [3.63, 3.8) is 0 Å². The molecule has 0 spiro atoms. The zero-order valence-corrected chi connectivity index (χ0v) is 14.0. The molecule has 1 aliphatic rings. The van der Waals surface area contributed by atoms with E-state index in [1.807, 2.05) is 18.2 Å². The Kier molecular flexibility index (Phi) is 5.58. The maximum atomic E-state index is 12.4. The van der Waals surface area contributed by atoms with Gasteiger partial charge in [-0.25, -0.2) is 13.1 Å². The van der Waals surface area contributed by atoms with Gasteiger partial charge in [0.2, 0.25) is 15.9 Å². The zero-order valence-electron chi connectivity index (χ0n) is 13.2. The predicted octanol–water partition coefficient (Wildman–Crippen LogP) is 1.72. The van der Waals surface area contributed by atoms with E-state index in [-0.39, 0.29) is 17.9 Å². The second-order valence-electron chi connectivity index (χ2n) is 5.94. The molecule has 6 heteroatoms. The van der Waals surface area contributed by atoms with Gasteiger partial charge < -0.3 is 4.90 Å². The van der Waals surface area contributed by atoms with Crippen molar-refractivity contribution >= 4 is 15.9 Å². The van der Waals surface area contributed by atoms with Crippen LogP contribution in [0.4, 0.5) is 0 Å². The predicted molar refractivity (Wildman–Crippen MR) is 87.1 cm³/mol. The molecular formula is C16H24N2O3S. The van der Waals surface area contributed by atoms with Gasteiger partial charge in [-0.2, -0.15) is 0 Å². The van der Waals surface area contributed by atoms with Gasteiger partial charge in [0, 0.05) is 25.6 Å². The van der Waals surface area contributed by atoms with E-state index in [0.29, 0.717) is 25.9 Å². The minimum Gasteiger partial charge on any atom is -0.341 e. The molecule has 0 unspecified atom stereocenters. The average Bonchev–Trinajstić information content (AvgIpc) is 2.92. The number of hydrogen-bond donors (Lipinski definition) is 1. The summed E-state index contributed by atoms with van der Waals surface area (Å²) in [6.07, 6.45) is 3.22. The van der Waals surface area contributed by atoms with Crippen LogP contribution in [0.1, 0.15) is 37.7 Å². The largest absolute Gasteiger partial charge is 0.341 e. The van der Waals surface area contributed by atoms with Crippen molar-refractivity contribution in [3.8, 4) is 0 Å². The van der Waals surface area contributed by atoms with Crippen molar-refractivity contribution in [2.45, 2.75) is 38.1 Å². The standard InChI is InChI=1S/C16H24N2O3S/c1-3-13(14-7-5-4-6-8-14)11-16(19)18-10-9-15(12-18)17-22(2,20)21/h4-8,13,15,17H,3,9-12H2,1-2H3/t13-,15+/m0/s1. The Bertz CT molecular complexity index is 601. The first-order valence-electron chi connectivity index (χ1n) is 7.69. The molecule has 0 aromatic heterocycles. The molecule has 2 rings (SSSR count). The lowest BCUT2D eigenvalue weighted by Gasteiger charge is -2.21. The SMILES string of the molecule is CC[C@@H](CC(=O)N1CC[C@@H](NS(C)(=O)=O)C1)c1ccccc1. The van der Waals surface area contributed by atoms with E-state index in [4.69, 9.17) is 0 Å². The number of carbonyl (C=O) groups excluding carboxylic acids is 1. The molecular weight excluding hydrogens is 300 g/mol. The third-order valence-corrected chi connectivity index (χ3v) is 4.87. The molecule has 22 heavy (non-hydrogen) atoms. The summed E-state index contributed by atoms with van der Waals surface area (Å²) in [4.78, 5) is 14.2. The van der Waals surface area contributed by atoms with Gasteiger partial charge in [0.1, 0.15) is 0 Å². The number of nitrogens with one attached hydrogen (secondary N) is 1. The van der Waals surface area contributed by atoms with Crippen molar-refractivity contribution < 1.29 is 13.2 Å². The zero-order chi connectivity index (χ0) is 16.2. The molecule has 0 bridgehead atoms. The number of hydrogen-bond acceptors (Lipinski definition) is 3. The Morgan fingerprint density at radius 3 is 2.64 bits per heavy atom. The fraction of sp³-hybridized carbons (Fsp3) is 0.562. The minimum absolute atomic E-state index is 0.105. The van der Waals surface area contributed by atoms with Crippen molar-refractivity contribution in [2.75, 3.05) is 19.3 Å². The van der Waals surface area contributed by atoms with E-state index >= 15 is 0 Å². The first-order chi connectivity index (χ1) is 10.4. The van der Waals surface area contributed by atoms with Gasteiger partial charge in [-0.15, -0.1) is 0 Å². The van der Waals surface area contributed by atoms with Crippen LogP contribution in [0.3, 0.4) is 0 Å². The van der Waals surface area contributed by atoms with Gasteiger partial charge in [-0.05, 0) is 24.3 Å². The number of benzene rings is 1. The Morgan fingerprint density at radius 1 is 1.36 bits per heavy atom. The Morgan fingerprint density at radius 2 is 2.05 bits per heavy atom. The van der Waals surface area contributed by atoms with Crippen LogP contribution < -0.4 is 4.72 Å². The molecule has 0 aliphatic carbocycles. The molecule has 1 fully saturated rings. The van der Waals surface area contributed by atoms with Crippen LogP contribution in [0.15, 0.2) is 30.3 Å². The summed E-state index contributed by atoms with van der Waals surface area (Å²) in [5, 5.41) is 0. The lowest BCUT2D eigenvalue weighted by atomic mass is 9.93. The van der Waals surface area contributed by atoms with E-state index in [1.54, 1.807) is 4.90 Å². The molecule has 2 atom stereocenters. The van der Waals surface area contributed by atoms with E-state index < -0.39 is 10.0 Å². The smallest absolute Gasteiger partial charge is 0.223 e. The number of likely N-dealkylation sites (tertiary alicyclic amines) is 1. The van der Waals surface area contributed by atoms with Crippen molar-refractivity contribution in [1.29, 1.82) is 0 Å². The summed E-state index contributed by atoms with van der Waals surface area (Å²) in [6.45, 7) is 3.18.